The average Bonchev–Trinajstić information content (AvgIpc) is 2.82. The number of rotatable bonds is 9. The van der Waals surface area contributed by atoms with Crippen molar-refractivity contribution in [1.29, 1.82) is 0 Å². The Morgan fingerprint density at radius 3 is 2.06 bits per heavy atom. The predicted molar refractivity (Wildman–Crippen MR) is 128 cm³/mol. The zero-order valence-electron chi connectivity index (χ0n) is 18.9. The number of piperidine rings is 1. The zero-order chi connectivity index (χ0) is 22.2. The van der Waals surface area contributed by atoms with Crippen LogP contribution in [0.4, 0.5) is 0 Å². The lowest BCUT2D eigenvalue weighted by Crippen LogP contribution is -2.46. The lowest BCUT2D eigenvalue weighted by molar-refractivity contribution is -0.0226. The molecule has 0 aliphatic carbocycles. The second kappa shape index (κ2) is 10.7. The number of hydrogen-bond acceptors (Lipinski definition) is 4. The molecule has 32 heavy (non-hydrogen) atoms. The van der Waals surface area contributed by atoms with Gasteiger partial charge in [-0.3, -0.25) is 4.90 Å². The van der Waals surface area contributed by atoms with Crippen molar-refractivity contribution in [2.45, 2.75) is 38.4 Å². The van der Waals surface area contributed by atoms with E-state index in [0.717, 1.165) is 56.0 Å². The van der Waals surface area contributed by atoms with Crippen molar-refractivity contribution in [2.75, 3.05) is 26.2 Å². The van der Waals surface area contributed by atoms with Crippen molar-refractivity contribution >= 4 is 0 Å². The van der Waals surface area contributed by atoms with Gasteiger partial charge in [-0.25, -0.2) is 0 Å². The topological polar surface area (TPSA) is 41.9 Å². The summed E-state index contributed by atoms with van der Waals surface area (Å²) in [6, 6.07) is 26.5. The highest BCUT2D eigenvalue weighted by atomic mass is 16.5. The van der Waals surface area contributed by atoms with Crippen molar-refractivity contribution in [1.82, 2.24) is 4.90 Å². The quantitative estimate of drug-likeness (QED) is 0.516. The molecular formula is C28H33NO3. The van der Waals surface area contributed by atoms with Crippen LogP contribution < -0.4 is 9.47 Å². The SMILES string of the molecule is Cc1ccc(CC2(O)CCN(CCOc3ccc(OCc4ccccc4)cc3)CC2)cc1. The minimum atomic E-state index is -0.595. The van der Waals surface area contributed by atoms with Gasteiger partial charge in [0.15, 0.2) is 0 Å². The van der Waals surface area contributed by atoms with Crippen LogP contribution in [0, 0.1) is 6.92 Å². The van der Waals surface area contributed by atoms with Crippen LogP contribution in [0.3, 0.4) is 0 Å². The van der Waals surface area contributed by atoms with Crippen LogP contribution >= 0.6 is 0 Å². The van der Waals surface area contributed by atoms with Gasteiger partial charge in [0.1, 0.15) is 24.7 Å². The smallest absolute Gasteiger partial charge is 0.120 e. The van der Waals surface area contributed by atoms with E-state index in [-0.39, 0.29) is 0 Å². The highest BCUT2D eigenvalue weighted by Crippen LogP contribution is 2.26. The molecule has 1 heterocycles. The Hall–Kier alpha value is -2.82. The molecule has 0 spiro atoms. The second-order valence-corrected chi connectivity index (χ2v) is 8.82. The molecule has 1 saturated heterocycles. The van der Waals surface area contributed by atoms with Gasteiger partial charge in [0.2, 0.25) is 0 Å². The van der Waals surface area contributed by atoms with E-state index in [2.05, 4.69) is 48.2 Å². The summed E-state index contributed by atoms with van der Waals surface area (Å²) >= 11 is 0. The molecule has 0 unspecified atom stereocenters. The predicted octanol–water partition coefficient (Wildman–Crippen LogP) is 5.02. The van der Waals surface area contributed by atoms with Gasteiger partial charge < -0.3 is 14.6 Å². The average molecular weight is 432 g/mol. The second-order valence-electron chi connectivity index (χ2n) is 8.82. The largest absolute Gasteiger partial charge is 0.492 e. The van der Waals surface area contributed by atoms with Gasteiger partial charge in [0.25, 0.3) is 0 Å². The van der Waals surface area contributed by atoms with Crippen LogP contribution in [-0.4, -0.2) is 41.8 Å². The fourth-order valence-electron chi connectivity index (χ4n) is 4.12. The summed E-state index contributed by atoms with van der Waals surface area (Å²) < 4.78 is 11.8. The number of ether oxygens (including phenoxy) is 2. The van der Waals surface area contributed by atoms with Gasteiger partial charge in [0, 0.05) is 26.1 Å². The Kier molecular flexibility index (Phi) is 7.46. The highest BCUT2D eigenvalue weighted by Gasteiger charge is 2.32. The number of nitrogens with zero attached hydrogens (tertiary/aromatic N) is 1. The first-order chi connectivity index (χ1) is 15.6. The van der Waals surface area contributed by atoms with Crippen molar-refractivity contribution < 1.29 is 14.6 Å². The van der Waals surface area contributed by atoms with Crippen molar-refractivity contribution in [3.8, 4) is 11.5 Å². The molecular weight excluding hydrogens is 398 g/mol. The van der Waals surface area contributed by atoms with E-state index in [1.54, 1.807) is 0 Å². The van der Waals surface area contributed by atoms with Gasteiger partial charge in [-0.1, -0.05) is 60.2 Å². The summed E-state index contributed by atoms with van der Waals surface area (Å²) in [4.78, 5) is 2.38. The first-order valence-corrected chi connectivity index (χ1v) is 11.5. The van der Waals surface area contributed by atoms with Crippen LogP contribution in [0.2, 0.25) is 0 Å². The van der Waals surface area contributed by atoms with Crippen molar-refractivity contribution in [3.05, 3.63) is 95.6 Å². The van der Waals surface area contributed by atoms with Crippen LogP contribution in [0.25, 0.3) is 0 Å². The standard InChI is InChI=1S/C28H33NO3/c1-23-7-9-24(10-8-23)21-28(30)15-17-29(18-16-28)19-20-31-26-11-13-27(14-12-26)32-22-25-5-3-2-4-6-25/h2-14,30H,15-22H2,1H3. The maximum Gasteiger partial charge on any atom is 0.120 e. The Labute approximate surface area is 191 Å². The molecule has 0 bridgehead atoms. The van der Waals surface area contributed by atoms with Gasteiger partial charge in [-0.2, -0.15) is 0 Å². The highest BCUT2D eigenvalue weighted by molar-refractivity contribution is 5.31. The van der Waals surface area contributed by atoms with E-state index in [1.165, 1.54) is 11.1 Å². The third kappa shape index (κ3) is 6.59. The first kappa shape index (κ1) is 22.4. The lowest BCUT2D eigenvalue weighted by Gasteiger charge is -2.38. The molecule has 3 aromatic carbocycles. The summed E-state index contributed by atoms with van der Waals surface area (Å²) in [7, 11) is 0. The minimum absolute atomic E-state index is 0.562. The van der Waals surface area contributed by atoms with E-state index >= 15 is 0 Å². The molecule has 4 heteroatoms. The fourth-order valence-corrected chi connectivity index (χ4v) is 4.12. The third-order valence-corrected chi connectivity index (χ3v) is 6.19. The Bertz CT molecular complexity index is 946. The Morgan fingerprint density at radius 1 is 0.781 bits per heavy atom. The van der Waals surface area contributed by atoms with Gasteiger partial charge in [-0.15, -0.1) is 0 Å². The molecule has 4 rings (SSSR count). The summed E-state index contributed by atoms with van der Waals surface area (Å²) in [6.45, 7) is 5.96. The maximum atomic E-state index is 11.0. The van der Waals surface area contributed by atoms with E-state index in [4.69, 9.17) is 9.47 Å². The monoisotopic (exact) mass is 431 g/mol. The number of benzene rings is 3. The van der Waals surface area contributed by atoms with Gasteiger partial charge in [-0.05, 0) is 55.2 Å². The third-order valence-electron chi connectivity index (χ3n) is 6.19. The zero-order valence-corrected chi connectivity index (χ0v) is 18.9. The van der Waals surface area contributed by atoms with Crippen LogP contribution in [0.15, 0.2) is 78.9 Å². The van der Waals surface area contributed by atoms with Crippen LogP contribution in [-0.2, 0) is 13.0 Å². The molecule has 1 aliphatic heterocycles. The molecule has 1 aliphatic rings. The Balaban J connectivity index is 1.15. The minimum Gasteiger partial charge on any atom is -0.492 e. The van der Waals surface area contributed by atoms with Gasteiger partial charge in [0.05, 0.1) is 5.60 Å². The van der Waals surface area contributed by atoms with E-state index in [1.807, 2.05) is 42.5 Å². The number of hydrogen-bond donors (Lipinski definition) is 1. The molecule has 3 aromatic rings. The molecule has 0 radical (unpaired) electrons. The maximum absolute atomic E-state index is 11.0. The van der Waals surface area contributed by atoms with E-state index in [9.17, 15) is 5.11 Å². The lowest BCUT2D eigenvalue weighted by atomic mass is 9.85. The number of aliphatic hydroxyl groups is 1. The summed E-state index contributed by atoms with van der Waals surface area (Å²) in [5.74, 6) is 1.69. The summed E-state index contributed by atoms with van der Waals surface area (Å²) in [5.41, 5.74) is 3.03. The number of aryl methyl sites for hydroxylation is 1. The van der Waals surface area contributed by atoms with Gasteiger partial charge >= 0.3 is 0 Å². The van der Waals surface area contributed by atoms with Crippen LogP contribution in [0.1, 0.15) is 29.5 Å². The molecule has 1 fully saturated rings. The first-order valence-electron chi connectivity index (χ1n) is 11.5. The van der Waals surface area contributed by atoms with Crippen molar-refractivity contribution in [3.63, 3.8) is 0 Å². The fraction of sp³-hybridized carbons (Fsp3) is 0.357. The Morgan fingerprint density at radius 2 is 1.41 bits per heavy atom. The van der Waals surface area contributed by atoms with Crippen molar-refractivity contribution in [2.24, 2.45) is 0 Å². The molecule has 0 aromatic heterocycles. The normalized spacial score (nSPS) is 15.9. The number of likely N-dealkylation sites (tertiary alicyclic amines) is 1. The molecule has 0 saturated carbocycles. The molecule has 4 nitrogen and oxygen atoms in total. The summed E-state index contributed by atoms with van der Waals surface area (Å²) in [6.07, 6.45) is 2.33. The molecule has 168 valence electrons. The molecule has 1 N–H and O–H groups in total. The molecule has 0 atom stereocenters. The summed E-state index contributed by atoms with van der Waals surface area (Å²) in [5, 5.41) is 11.0. The van der Waals surface area contributed by atoms with E-state index < -0.39 is 5.60 Å². The van der Waals surface area contributed by atoms with E-state index in [0.29, 0.717) is 13.2 Å². The molecule has 0 amide bonds. The van der Waals surface area contributed by atoms with Crippen LogP contribution in [0.5, 0.6) is 11.5 Å².